The number of ether oxygens (including phenoxy) is 1. The van der Waals surface area contributed by atoms with Gasteiger partial charge in [0, 0.05) is 9.92 Å². The highest BCUT2D eigenvalue weighted by atomic mass is 35.5. The van der Waals surface area contributed by atoms with Crippen LogP contribution in [0.1, 0.15) is 33.6 Å². The van der Waals surface area contributed by atoms with Gasteiger partial charge < -0.3 is 10.1 Å². The maximum absolute atomic E-state index is 12.1. The molecule has 21 heavy (non-hydrogen) atoms. The standard InChI is InChI=1S/C16H24ClNO2S/c1-4-18-16(3,15(19)20-5-2)10-7-11-21-14-9-6-8-13(17)12-14/h6,8-9,12,18H,4-5,7,10-11H2,1-3H3. The molecule has 0 radical (unpaired) electrons. The van der Waals surface area contributed by atoms with Crippen molar-refractivity contribution in [1.29, 1.82) is 0 Å². The molecule has 0 bridgehead atoms. The van der Waals surface area contributed by atoms with Crippen molar-refractivity contribution in [1.82, 2.24) is 5.32 Å². The van der Waals surface area contributed by atoms with Gasteiger partial charge in [0.2, 0.25) is 0 Å². The lowest BCUT2D eigenvalue weighted by Gasteiger charge is -2.28. The molecule has 1 unspecified atom stereocenters. The summed E-state index contributed by atoms with van der Waals surface area (Å²) < 4.78 is 5.16. The number of halogens is 1. The number of carbonyl (C=O) groups excluding carboxylic acids is 1. The second-order valence-corrected chi connectivity index (χ2v) is 6.60. The van der Waals surface area contributed by atoms with Gasteiger partial charge in [-0.1, -0.05) is 24.6 Å². The number of nitrogens with one attached hydrogen (secondary N) is 1. The summed E-state index contributed by atoms with van der Waals surface area (Å²) in [5.41, 5.74) is -0.598. The van der Waals surface area contributed by atoms with Gasteiger partial charge in [0.15, 0.2) is 0 Å². The minimum Gasteiger partial charge on any atom is -0.465 e. The molecule has 0 fully saturated rings. The van der Waals surface area contributed by atoms with Gasteiger partial charge in [0.05, 0.1) is 6.61 Å². The van der Waals surface area contributed by atoms with E-state index in [1.54, 1.807) is 11.8 Å². The van der Waals surface area contributed by atoms with Crippen molar-refractivity contribution in [3.05, 3.63) is 29.3 Å². The van der Waals surface area contributed by atoms with Crippen LogP contribution in [0.15, 0.2) is 29.2 Å². The van der Waals surface area contributed by atoms with E-state index in [9.17, 15) is 4.79 Å². The Hall–Kier alpha value is -0.710. The van der Waals surface area contributed by atoms with Gasteiger partial charge in [-0.25, -0.2) is 0 Å². The molecule has 1 rings (SSSR count). The van der Waals surface area contributed by atoms with E-state index in [1.807, 2.05) is 45.0 Å². The summed E-state index contributed by atoms with van der Waals surface area (Å²) >= 11 is 7.72. The van der Waals surface area contributed by atoms with Crippen molar-refractivity contribution in [2.45, 2.75) is 44.0 Å². The molecule has 1 aromatic carbocycles. The molecule has 0 aliphatic carbocycles. The molecule has 0 aliphatic rings. The number of hydrogen-bond acceptors (Lipinski definition) is 4. The third-order valence-corrected chi connectivity index (χ3v) is 4.49. The molecular formula is C16H24ClNO2S. The molecule has 0 heterocycles. The van der Waals surface area contributed by atoms with Crippen LogP contribution in [0.25, 0.3) is 0 Å². The summed E-state index contributed by atoms with van der Waals surface area (Å²) in [5, 5.41) is 4.00. The van der Waals surface area contributed by atoms with Gasteiger partial charge in [-0.05, 0) is 57.2 Å². The van der Waals surface area contributed by atoms with Crippen LogP contribution in [-0.2, 0) is 9.53 Å². The van der Waals surface area contributed by atoms with Crippen LogP contribution >= 0.6 is 23.4 Å². The molecular weight excluding hydrogens is 306 g/mol. The Morgan fingerprint density at radius 2 is 2.19 bits per heavy atom. The van der Waals surface area contributed by atoms with E-state index >= 15 is 0 Å². The zero-order valence-corrected chi connectivity index (χ0v) is 14.5. The molecule has 0 amide bonds. The Kier molecular flexibility index (Phi) is 8.15. The van der Waals surface area contributed by atoms with Crippen LogP contribution < -0.4 is 5.32 Å². The fourth-order valence-electron chi connectivity index (χ4n) is 2.12. The van der Waals surface area contributed by atoms with Gasteiger partial charge >= 0.3 is 5.97 Å². The summed E-state index contributed by atoms with van der Waals surface area (Å²) in [6.45, 7) is 6.91. The van der Waals surface area contributed by atoms with Gasteiger partial charge in [0.25, 0.3) is 0 Å². The first kappa shape index (κ1) is 18.3. The first-order valence-electron chi connectivity index (χ1n) is 7.32. The van der Waals surface area contributed by atoms with Crippen molar-refractivity contribution in [2.75, 3.05) is 18.9 Å². The minimum absolute atomic E-state index is 0.167. The Bertz CT molecular complexity index is 456. The number of likely N-dealkylation sites (N-methyl/N-ethyl adjacent to an activating group) is 1. The van der Waals surface area contributed by atoms with E-state index < -0.39 is 5.54 Å². The number of carbonyl (C=O) groups is 1. The molecule has 0 spiro atoms. The first-order valence-corrected chi connectivity index (χ1v) is 8.68. The zero-order chi connectivity index (χ0) is 15.7. The normalized spacial score (nSPS) is 13.7. The third kappa shape index (κ3) is 6.29. The monoisotopic (exact) mass is 329 g/mol. The van der Waals surface area contributed by atoms with Gasteiger partial charge in [-0.15, -0.1) is 11.8 Å². The molecule has 118 valence electrons. The largest absolute Gasteiger partial charge is 0.465 e. The summed E-state index contributed by atoms with van der Waals surface area (Å²) in [6, 6.07) is 7.83. The van der Waals surface area contributed by atoms with E-state index in [4.69, 9.17) is 16.3 Å². The molecule has 1 N–H and O–H groups in total. The molecule has 1 aromatic rings. The van der Waals surface area contributed by atoms with Crippen molar-refractivity contribution < 1.29 is 9.53 Å². The number of thioether (sulfide) groups is 1. The van der Waals surface area contributed by atoms with Crippen LogP contribution in [-0.4, -0.2) is 30.4 Å². The van der Waals surface area contributed by atoms with Crippen molar-refractivity contribution in [3.8, 4) is 0 Å². The molecule has 0 aliphatic heterocycles. The average Bonchev–Trinajstić information content (AvgIpc) is 2.44. The number of benzene rings is 1. The molecule has 0 aromatic heterocycles. The van der Waals surface area contributed by atoms with Gasteiger partial charge in [0.1, 0.15) is 5.54 Å². The van der Waals surface area contributed by atoms with E-state index in [1.165, 1.54) is 0 Å². The summed E-state index contributed by atoms with van der Waals surface area (Å²) in [5.74, 6) is 0.778. The fourth-order valence-corrected chi connectivity index (χ4v) is 3.28. The molecule has 0 saturated carbocycles. The zero-order valence-electron chi connectivity index (χ0n) is 12.9. The van der Waals surface area contributed by atoms with Gasteiger partial charge in [-0.3, -0.25) is 4.79 Å². The SMILES string of the molecule is CCNC(C)(CCCSc1cccc(Cl)c1)C(=O)OCC. The third-order valence-electron chi connectivity index (χ3n) is 3.18. The predicted octanol–water partition coefficient (Wildman–Crippen LogP) is 4.14. The summed E-state index contributed by atoms with van der Waals surface area (Å²) in [7, 11) is 0. The van der Waals surface area contributed by atoms with E-state index in [-0.39, 0.29) is 5.97 Å². The summed E-state index contributed by atoms with van der Waals surface area (Å²) in [4.78, 5) is 13.2. The lowest BCUT2D eigenvalue weighted by Crippen LogP contribution is -2.50. The summed E-state index contributed by atoms with van der Waals surface area (Å²) in [6.07, 6.45) is 1.69. The Morgan fingerprint density at radius 1 is 1.43 bits per heavy atom. The van der Waals surface area contributed by atoms with Crippen LogP contribution in [0.4, 0.5) is 0 Å². The van der Waals surface area contributed by atoms with E-state index in [0.29, 0.717) is 6.61 Å². The Morgan fingerprint density at radius 3 is 2.81 bits per heavy atom. The molecule has 0 saturated heterocycles. The second-order valence-electron chi connectivity index (χ2n) is 4.99. The average molecular weight is 330 g/mol. The van der Waals surface area contributed by atoms with E-state index in [0.717, 1.165) is 35.1 Å². The van der Waals surface area contributed by atoms with Crippen molar-refractivity contribution >= 4 is 29.3 Å². The van der Waals surface area contributed by atoms with Crippen molar-refractivity contribution in [2.24, 2.45) is 0 Å². The minimum atomic E-state index is -0.598. The molecule has 3 nitrogen and oxygen atoms in total. The molecule has 5 heteroatoms. The quantitative estimate of drug-likeness (QED) is 0.420. The smallest absolute Gasteiger partial charge is 0.326 e. The Labute approximate surface area is 136 Å². The Balaban J connectivity index is 2.45. The first-order chi connectivity index (χ1) is 10.0. The number of hydrogen-bond donors (Lipinski definition) is 1. The predicted molar refractivity (Wildman–Crippen MR) is 90.1 cm³/mol. The van der Waals surface area contributed by atoms with Crippen LogP contribution in [0.3, 0.4) is 0 Å². The van der Waals surface area contributed by atoms with Crippen LogP contribution in [0.5, 0.6) is 0 Å². The fraction of sp³-hybridized carbons (Fsp3) is 0.562. The van der Waals surface area contributed by atoms with Crippen LogP contribution in [0.2, 0.25) is 5.02 Å². The highest BCUT2D eigenvalue weighted by Crippen LogP contribution is 2.24. The lowest BCUT2D eigenvalue weighted by atomic mass is 9.96. The molecule has 1 atom stereocenters. The highest BCUT2D eigenvalue weighted by Gasteiger charge is 2.32. The maximum Gasteiger partial charge on any atom is 0.326 e. The number of esters is 1. The van der Waals surface area contributed by atoms with Gasteiger partial charge in [-0.2, -0.15) is 0 Å². The topological polar surface area (TPSA) is 38.3 Å². The lowest BCUT2D eigenvalue weighted by molar-refractivity contribution is -0.150. The maximum atomic E-state index is 12.1. The van der Waals surface area contributed by atoms with Crippen molar-refractivity contribution in [3.63, 3.8) is 0 Å². The van der Waals surface area contributed by atoms with Crippen LogP contribution in [0, 0.1) is 0 Å². The number of rotatable bonds is 9. The second kappa shape index (κ2) is 9.34. The van der Waals surface area contributed by atoms with E-state index in [2.05, 4.69) is 5.32 Å². The highest BCUT2D eigenvalue weighted by molar-refractivity contribution is 7.99.